The Labute approximate surface area is 203 Å². The lowest BCUT2D eigenvalue weighted by Gasteiger charge is -2.11. The molecule has 1 fully saturated rings. The zero-order valence-corrected chi connectivity index (χ0v) is 20.3. The van der Waals surface area contributed by atoms with Gasteiger partial charge in [0.25, 0.3) is 0 Å². The summed E-state index contributed by atoms with van der Waals surface area (Å²) in [5.74, 6) is 1.60. The first-order chi connectivity index (χ1) is 16.5. The van der Waals surface area contributed by atoms with E-state index in [1.165, 1.54) is 0 Å². The van der Waals surface area contributed by atoms with E-state index in [0.29, 0.717) is 18.7 Å². The molecule has 1 saturated heterocycles. The molecule has 0 aliphatic carbocycles. The van der Waals surface area contributed by atoms with Crippen LogP contribution >= 0.6 is 11.8 Å². The van der Waals surface area contributed by atoms with Gasteiger partial charge >= 0.3 is 0 Å². The van der Waals surface area contributed by atoms with Gasteiger partial charge in [0.1, 0.15) is 5.82 Å². The Hall–Kier alpha value is -3.17. The predicted molar refractivity (Wildman–Crippen MR) is 135 cm³/mol. The lowest BCUT2D eigenvalue weighted by atomic mass is 10.1. The van der Waals surface area contributed by atoms with Crippen LogP contribution in [-0.2, 0) is 22.1 Å². The number of benzene rings is 2. The molecule has 1 atom stereocenters. The van der Waals surface area contributed by atoms with Crippen molar-refractivity contribution in [2.24, 2.45) is 0 Å². The maximum atomic E-state index is 12.0. The third-order valence-electron chi connectivity index (χ3n) is 5.87. The third kappa shape index (κ3) is 4.71. The summed E-state index contributed by atoms with van der Waals surface area (Å²) >= 11 is 1.58. The highest BCUT2D eigenvalue weighted by Gasteiger charge is 2.33. The van der Waals surface area contributed by atoms with Crippen LogP contribution in [0.25, 0.3) is 16.9 Å². The molecule has 0 radical (unpaired) electrons. The second-order valence-corrected chi connectivity index (χ2v) is 11.4. The maximum Gasteiger partial charge on any atom is 0.191 e. The van der Waals surface area contributed by atoms with Crippen molar-refractivity contribution < 1.29 is 8.42 Å². The number of rotatable bonds is 8. The predicted octanol–water partition coefficient (Wildman–Crippen LogP) is 4.51. The van der Waals surface area contributed by atoms with E-state index < -0.39 is 9.84 Å². The molecule has 3 heterocycles. The van der Waals surface area contributed by atoms with Gasteiger partial charge in [-0.3, -0.25) is 0 Å². The molecule has 2 aromatic carbocycles. The average Bonchev–Trinajstić information content (AvgIpc) is 3.56. The lowest BCUT2D eigenvalue weighted by molar-refractivity contribution is 0.597. The molecular formula is C25H25N5O2S2. The fraction of sp³-hybridized carbons (Fsp3) is 0.240. The van der Waals surface area contributed by atoms with Crippen LogP contribution in [0.3, 0.4) is 0 Å². The second kappa shape index (κ2) is 9.60. The van der Waals surface area contributed by atoms with Crippen LogP contribution in [0.5, 0.6) is 0 Å². The molecule has 0 N–H and O–H groups in total. The van der Waals surface area contributed by atoms with Gasteiger partial charge in [0.2, 0.25) is 0 Å². The Morgan fingerprint density at radius 2 is 1.79 bits per heavy atom. The number of aromatic nitrogens is 5. The molecule has 4 aromatic rings. The van der Waals surface area contributed by atoms with Crippen molar-refractivity contribution in [1.82, 2.24) is 24.5 Å². The van der Waals surface area contributed by atoms with Crippen molar-refractivity contribution in [3.05, 3.63) is 90.9 Å². The Morgan fingerprint density at radius 1 is 1.06 bits per heavy atom. The first-order valence-electron chi connectivity index (χ1n) is 11.1. The number of allylic oxidation sites excluding steroid dienone is 1. The fourth-order valence-corrected chi connectivity index (χ4v) is 6.88. The van der Waals surface area contributed by atoms with Gasteiger partial charge in [-0.15, -0.1) is 16.8 Å². The van der Waals surface area contributed by atoms with E-state index in [4.69, 9.17) is 5.10 Å². The van der Waals surface area contributed by atoms with Gasteiger partial charge < -0.3 is 4.57 Å². The fourth-order valence-electron chi connectivity index (χ4n) is 4.22. The number of hydrogen-bond acceptors (Lipinski definition) is 6. The minimum atomic E-state index is -3.01. The SMILES string of the molecule is C=CCn1c(SCc2cn(-c3ccccc3)nc2-c2ccccc2)nnc1[C@@H]1CCS(=O)(=O)C1. The van der Waals surface area contributed by atoms with Crippen molar-refractivity contribution in [3.8, 4) is 16.9 Å². The summed E-state index contributed by atoms with van der Waals surface area (Å²) in [7, 11) is -3.01. The zero-order chi connectivity index (χ0) is 23.5. The summed E-state index contributed by atoms with van der Waals surface area (Å²) in [5.41, 5.74) is 4.06. The first-order valence-corrected chi connectivity index (χ1v) is 13.9. The molecule has 174 valence electrons. The summed E-state index contributed by atoms with van der Waals surface area (Å²) in [4.78, 5) is 0. The Bertz CT molecular complexity index is 1400. The van der Waals surface area contributed by atoms with E-state index in [2.05, 4.69) is 35.1 Å². The summed E-state index contributed by atoms with van der Waals surface area (Å²) in [6, 6.07) is 20.2. The topological polar surface area (TPSA) is 82.7 Å². The van der Waals surface area contributed by atoms with Crippen LogP contribution in [0.4, 0.5) is 0 Å². The lowest BCUT2D eigenvalue weighted by Crippen LogP contribution is -2.11. The van der Waals surface area contributed by atoms with Crippen molar-refractivity contribution >= 4 is 21.6 Å². The molecule has 0 amide bonds. The minimum Gasteiger partial charge on any atom is -0.302 e. The Balaban J connectivity index is 1.45. The molecule has 2 aromatic heterocycles. The van der Waals surface area contributed by atoms with Crippen LogP contribution in [0, 0.1) is 0 Å². The molecule has 7 nitrogen and oxygen atoms in total. The Morgan fingerprint density at radius 3 is 2.47 bits per heavy atom. The van der Waals surface area contributed by atoms with E-state index in [9.17, 15) is 8.42 Å². The van der Waals surface area contributed by atoms with Crippen LogP contribution in [0.15, 0.2) is 84.7 Å². The quantitative estimate of drug-likeness (QED) is 0.266. The van der Waals surface area contributed by atoms with Crippen LogP contribution in [-0.4, -0.2) is 44.5 Å². The van der Waals surface area contributed by atoms with Crippen LogP contribution in [0.1, 0.15) is 23.7 Å². The highest BCUT2D eigenvalue weighted by atomic mass is 32.2. The van der Waals surface area contributed by atoms with E-state index in [-0.39, 0.29) is 17.4 Å². The Kier molecular flexibility index (Phi) is 6.38. The van der Waals surface area contributed by atoms with Gasteiger partial charge in [0.15, 0.2) is 15.0 Å². The van der Waals surface area contributed by atoms with Gasteiger partial charge in [-0.25, -0.2) is 13.1 Å². The number of sulfone groups is 1. The van der Waals surface area contributed by atoms with Crippen molar-refractivity contribution in [1.29, 1.82) is 0 Å². The highest BCUT2D eigenvalue weighted by Crippen LogP contribution is 2.33. The van der Waals surface area contributed by atoms with Gasteiger partial charge in [-0.05, 0) is 18.6 Å². The molecule has 1 aliphatic rings. The van der Waals surface area contributed by atoms with E-state index >= 15 is 0 Å². The van der Waals surface area contributed by atoms with E-state index in [1.54, 1.807) is 17.8 Å². The van der Waals surface area contributed by atoms with Crippen molar-refractivity contribution in [2.75, 3.05) is 11.5 Å². The number of nitrogens with zero attached hydrogens (tertiary/aromatic N) is 5. The van der Waals surface area contributed by atoms with Gasteiger partial charge in [-0.2, -0.15) is 5.10 Å². The van der Waals surface area contributed by atoms with E-state index in [1.807, 2.05) is 57.8 Å². The molecule has 0 spiro atoms. The molecule has 5 rings (SSSR count). The molecule has 0 unspecified atom stereocenters. The minimum absolute atomic E-state index is 0.118. The summed E-state index contributed by atoms with van der Waals surface area (Å²) in [6.07, 6.45) is 4.44. The molecular weight excluding hydrogens is 466 g/mol. The normalized spacial score (nSPS) is 17.1. The second-order valence-electron chi connectivity index (χ2n) is 8.28. The maximum absolute atomic E-state index is 12.0. The monoisotopic (exact) mass is 491 g/mol. The molecule has 1 aliphatic heterocycles. The molecule has 0 saturated carbocycles. The van der Waals surface area contributed by atoms with Crippen LogP contribution < -0.4 is 0 Å². The number of thioether (sulfide) groups is 1. The van der Waals surface area contributed by atoms with Gasteiger partial charge in [-0.1, -0.05) is 66.4 Å². The zero-order valence-electron chi connectivity index (χ0n) is 18.6. The smallest absolute Gasteiger partial charge is 0.191 e. The van der Waals surface area contributed by atoms with E-state index in [0.717, 1.165) is 33.5 Å². The molecule has 9 heteroatoms. The van der Waals surface area contributed by atoms with Crippen LogP contribution in [0.2, 0.25) is 0 Å². The number of hydrogen-bond donors (Lipinski definition) is 0. The summed E-state index contributed by atoms with van der Waals surface area (Å²) in [5, 5.41) is 14.4. The largest absolute Gasteiger partial charge is 0.302 e. The van der Waals surface area contributed by atoms with Gasteiger partial charge in [0.05, 0.1) is 22.9 Å². The first kappa shape index (κ1) is 22.6. The average molecular weight is 492 g/mol. The van der Waals surface area contributed by atoms with Gasteiger partial charge in [0, 0.05) is 35.5 Å². The van der Waals surface area contributed by atoms with Crippen molar-refractivity contribution in [2.45, 2.75) is 29.8 Å². The molecule has 34 heavy (non-hydrogen) atoms. The summed E-state index contributed by atoms with van der Waals surface area (Å²) in [6.45, 7) is 4.40. The highest BCUT2D eigenvalue weighted by molar-refractivity contribution is 7.98. The third-order valence-corrected chi connectivity index (χ3v) is 8.65. The number of para-hydroxylation sites is 1. The van der Waals surface area contributed by atoms with Crippen molar-refractivity contribution in [3.63, 3.8) is 0 Å². The molecule has 0 bridgehead atoms. The summed E-state index contributed by atoms with van der Waals surface area (Å²) < 4.78 is 27.9. The standard InChI is InChI=1S/C25H25N5O2S2/c1-2-14-29-24(20-13-15-34(31,32)18-20)26-27-25(29)33-17-21-16-30(22-11-7-4-8-12-22)28-23(21)19-9-5-3-6-10-19/h2-12,16,20H,1,13-15,17-18H2/t20-/m1/s1.